The minimum Gasteiger partial charge on any atom is -0.370 e. The van der Waals surface area contributed by atoms with Crippen molar-refractivity contribution in [3.8, 4) is 0 Å². The van der Waals surface area contributed by atoms with E-state index in [4.69, 9.17) is 4.74 Å². The topological polar surface area (TPSA) is 43.4 Å². The van der Waals surface area contributed by atoms with Gasteiger partial charge in [0, 0.05) is 13.5 Å². The zero-order valence-electron chi connectivity index (χ0n) is 8.97. The standard InChI is InChI=1S/C11H18O3/c1-3-9(12)10(13)11(14-2)7-5-4-6-8-11/h3-8H2,1-2H3. The molecule has 0 aromatic rings. The van der Waals surface area contributed by atoms with E-state index in [1.165, 1.54) is 7.11 Å². The van der Waals surface area contributed by atoms with Gasteiger partial charge in [-0.15, -0.1) is 0 Å². The van der Waals surface area contributed by atoms with E-state index in [9.17, 15) is 9.59 Å². The van der Waals surface area contributed by atoms with Crippen LogP contribution in [0.25, 0.3) is 0 Å². The van der Waals surface area contributed by atoms with E-state index in [0.717, 1.165) is 19.3 Å². The van der Waals surface area contributed by atoms with Crippen LogP contribution in [0.2, 0.25) is 0 Å². The Morgan fingerprint density at radius 2 is 1.79 bits per heavy atom. The Kier molecular flexibility index (Phi) is 3.81. The Morgan fingerprint density at radius 3 is 2.21 bits per heavy atom. The van der Waals surface area contributed by atoms with Crippen molar-refractivity contribution < 1.29 is 14.3 Å². The van der Waals surface area contributed by atoms with Gasteiger partial charge in [-0.05, 0) is 12.8 Å². The van der Waals surface area contributed by atoms with E-state index < -0.39 is 5.60 Å². The van der Waals surface area contributed by atoms with E-state index in [-0.39, 0.29) is 18.0 Å². The fourth-order valence-electron chi connectivity index (χ4n) is 2.06. The highest BCUT2D eigenvalue weighted by Gasteiger charge is 2.41. The number of hydrogen-bond donors (Lipinski definition) is 0. The van der Waals surface area contributed by atoms with Crippen molar-refractivity contribution in [2.24, 2.45) is 0 Å². The second kappa shape index (κ2) is 4.69. The van der Waals surface area contributed by atoms with Crippen LogP contribution in [0.4, 0.5) is 0 Å². The van der Waals surface area contributed by atoms with Crippen molar-refractivity contribution >= 4 is 11.6 Å². The molecule has 0 heterocycles. The van der Waals surface area contributed by atoms with E-state index in [1.807, 2.05) is 0 Å². The number of ketones is 2. The molecular formula is C11H18O3. The molecule has 1 fully saturated rings. The van der Waals surface area contributed by atoms with Crippen LogP contribution >= 0.6 is 0 Å². The first kappa shape index (κ1) is 11.4. The van der Waals surface area contributed by atoms with Crippen LogP contribution in [-0.2, 0) is 14.3 Å². The number of carbonyl (C=O) groups is 2. The lowest BCUT2D eigenvalue weighted by Crippen LogP contribution is -2.46. The molecule has 0 atom stereocenters. The first-order valence-electron chi connectivity index (χ1n) is 5.29. The highest BCUT2D eigenvalue weighted by Crippen LogP contribution is 2.32. The molecular weight excluding hydrogens is 180 g/mol. The van der Waals surface area contributed by atoms with Crippen molar-refractivity contribution in [3.63, 3.8) is 0 Å². The molecule has 3 nitrogen and oxygen atoms in total. The fraction of sp³-hybridized carbons (Fsp3) is 0.818. The van der Waals surface area contributed by atoms with Gasteiger partial charge in [0.2, 0.25) is 11.6 Å². The molecule has 1 saturated carbocycles. The molecule has 14 heavy (non-hydrogen) atoms. The van der Waals surface area contributed by atoms with Gasteiger partial charge >= 0.3 is 0 Å². The SMILES string of the molecule is CCC(=O)C(=O)C1(OC)CCCCC1. The molecule has 1 rings (SSSR count). The maximum atomic E-state index is 11.8. The lowest BCUT2D eigenvalue weighted by molar-refractivity contribution is -0.153. The maximum Gasteiger partial charge on any atom is 0.230 e. The summed E-state index contributed by atoms with van der Waals surface area (Å²) in [6.07, 6.45) is 4.79. The highest BCUT2D eigenvalue weighted by molar-refractivity contribution is 6.40. The summed E-state index contributed by atoms with van der Waals surface area (Å²) in [4.78, 5) is 23.2. The van der Waals surface area contributed by atoms with Gasteiger partial charge in [0.25, 0.3) is 0 Å². The Hall–Kier alpha value is -0.700. The smallest absolute Gasteiger partial charge is 0.230 e. The molecule has 0 aromatic heterocycles. The number of ether oxygens (including phenoxy) is 1. The second-order valence-corrected chi connectivity index (χ2v) is 3.86. The van der Waals surface area contributed by atoms with Crippen LogP contribution in [0, 0.1) is 0 Å². The van der Waals surface area contributed by atoms with Gasteiger partial charge in [-0.25, -0.2) is 0 Å². The number of hydrogen-bond acceptors (Lipinski definition) is 3. The van der Waals surface area contributed by atoms with Crippen LogP contribution in [0.1, 0.15) is 45.4 Å². The highest BCUT2D eigenvalue weighted by atomic mass is 16.5. The minimum absolute atomic E-state index is 0.282. The van der Waals surface area contributed by atoms with Crippen molar-refractivity contribution in [2.45, 2.75) is 51.0 Å². The van der Waals surface area contributed by atoms with E-state index in [0.29, 0.717) is 12.8 Å². The summed E-state index contributed by atoms with van der Waals surface area (Å²) in [5.74, 6) is -0.615. The van der Waals surface area contributed by atoms with Crippen LogP contribution < -0.4 is 0 Å². The van der Waals surface area contributed by atoms with Crippen molar-refractivity contribution in [1.29, 1.82) is 0 Å². The number of carbonyl (C=O) groups excluding carboxylic acids is 2. The normalized spacial score (nSPS) is 20.4. The van der Waals surface area contributed by atoms with E-state index in [1.54, 1.807) is 6.92 Å². The monoisotopic (exact) mass is 198 g/mol. The Morgan fingerprint density at radius 1 is 1.21 bits per heavy atom. The van der Waals surface area contributed by atoms with Crippen molar-refractivity contribution in [2.75, 3.05) is 7.11 Å². The molecule has 0 radical (unpaired) electrons. The lowest BCUT2D eigenvalue weighted by Gasteiger charge is -2.33. The molecule has 0 saturated heterocycles. The lowest BCUT2D eigenvalue weighted by atomic mass is 9.80. The summed E-state index contributed by atoms with van der Waals surface area (Å²) < 4.78 is 5.29. The third-order valence-corrected chi connectivity index (χ3v) is 3.04. The van der Waals surface area contributed by atoms with Gasteiger partial charge in [-0.3, -0.25) is 9.59 Å². The van der Waals surface area contributed by atoms with Crippen LogP contribution in [0.5, 0.6) is 0 Å². The van der Waals surface area contributed by atoms with Gasteiger partial charge in [-0.1, -0.05) is 26.2 Å². The molecule has 3 heteroatoms. The largest absolute Gasteiger partial charge is 0.370 e. The molecule has 0 unspecified atom stereocenters. The van der Waals surface area contributed by atoms with E-state index >= 15 is 0 Å². The summed E-state index contributed by atoms with van der Waals surface area (Å²) in [5, 5.41) is 0. The maximum absolute atomic E-state index is 11.8. The Labute approximate surface area is 84.8 Å². The summed E-state index contributed by atoms with van der Waals surface area (Å²) in [7, 11) is 1.53. The van der Waals surface area contributed by atoms with Crippen LogP contribution in [0.3, 0.4) is 0 Å². The minimum atomic E-state index is -0.786. The quantitative estimate of drug-likeness (QED) is 0.648. The average molecular weight is 198 g/mol. The molecule has 0 amide bonds. The van der Waals surface area contributed by atoms with Crippen molar-refractivity contribution in [1.82, 2.24) is 0 Å². The predicted octanol–water partition coefficient (Wildman–Crippen LogP) is 1.88. The number of rotatable bonds is 4. The van der Waals surface area contributed by atoms with Crippen LogP contribution in [-0.4, -0.2) is 24.3 Å². The molecule has 0 spiro atoms. The first-order valence-corrected chi connectivity index (χ1v) is 5.29. The summed E-state index contributed by atoms with van der Waals surface area (Å²) >= 11 is 0. The predicted molar refractivity (Wildman–Crippen MR) is 53.1 cm³/mol. The number of methoxy groups -OCH3 is 1. The van der Waals surface area contributed by atoms with Gasteiger partial charge in [0.05, 0.1) is 0 Å². The Balaban J connectivity index is 2.77. The van der Waals surface area contributed by atoms with E-state index in [2.05, 4.69) is 0 Å². The fourth-order valence-corrected chi connectivity index (χ4v) is 2.06. The third-order valence-electron chi connectivity index (χ3n) is 3.04. The van der Waals surface area contributed by atoms with Gasteiger partial charge < -0.3 is 4.74 Å². The molecule has 0 aromatic carbocycles. The number of Topliss-reactive ketones (excluding diaryl/α,β-unsaturated/α-hetero) is 2. The Bertz CT molecular complexity index is 227. The summed E-state index contributed by atoms with van der Waals surface area (Å²) in [6.45, 7) is 1.71. The third kappa shape index (κ3) is 2.03. The molecule has 1 aliphatic carbocycles. The average Bonchev–Trinajstić information content (AvgIpc) is 2.28. The molecule has 0 N–H and O–H groups in total. The zero-order valence-corrected chi connectivity index (χ0v) is 8.97. The first-order chi connectivity index (χ1) is 6.66. The summed E-state index contributed by atoms with van der Waals surface area (Å²) in [6, 6.07) is 0. The summed E-state index contributed by atoms with van der Waals surface area (Å²) in [5.41, 5.74) is -0.786. The molecule has 0 aliphatic heterocycles. The van der Waals surface area contributed by atoms with Gasteiger partial charge in [0.15, 0.2) is 0 Å². The molecule has 80 valence electrons. The molecule has 0 bridgehead atoms. The zero-order chi connectivity index (χ0) is 10.6. The van der Waals surface area contributed by atoms with Gasteiger partial charge in [-0.2, -0.15) is 0 Å². The van der Waals surface area contributed by atoms with Gasteiger partial charge in [0.1, 0.15) is 5.60 Å². The molecule has 1 aliphatic rings. The van der Waals surface area contributed by atoms with Crippen molar-refractivity contribution in [3.05, 3.63) is 0 Å². The second-order valence-electron chi connectivity index (χ2n) is 3.86. The van der Waals surface area contributed by atoms with Crippen LogP contribution in [0.15, 0.2) is 0 Å².